The number of rotatable bonds is 7. The van der Waals surface area contributed by atoms with Crippen LogP contribution in [0.3, 0.4) is 0 Å². The lowest BCUT2D eigenvalue weighted by atomic mass is 9.76. The standard InChI is InChI=1S/C25H25F2N5O2/c1-14(2)13-32-23(16(11-29)12-30-3)22(21-9-17(26)4-5-20(21)25(32)34)24(33)31-19-7-15(10-28)6-18(27)8-19/h4-9,11-12,14,16,22-23,29H,13H2,1-3H3,(H,31,33)/t16?,22-,23+/m0/s1. The van der Waals surface area contributed by atoms with E-state index in [0.29, 0.717) is 6.54 Å². The number of nitrogens with one attached hydrogen (secondary N) is 2. The average Bonchev–Trinajstić information content (AvgIpc) is 2.78. The van der Waals surface area contributed by atoms with Gasteiger partial charge in [-0.1, -0.05) is 13.8 Å². The normalized spacial score (nSPS) is 18.5. The molecule has 9 heteroatoms. The van der Waals surface area contributed by atoms with Crippen LogP contribution in [0.2, 0.25) is 0 Å². The molecule has 2 N–H and O–H groups in total. The topological polar surface area (TPSA) is 109 Å². The molecule has 1 aliphatic rings. The predicted molar refractivity (Wildman–Crippen MR) is 125 cm³/mol. The molecule has 7 nitrogen and oxygen atoms in total. The number of aliphatic imine (C=N–C) groups is 1. The molecule has 2 amide bonds. The zero-order valence-electron chi connectivity index (χ0n) is 19.0. The first-order chi connectivity index (χ1) is 16.2. The minimum Gasteiger partial charge on any atom is -0.333 e. The second-order valence-electron chi connectivity index (χ2n) is 8.53. The molecule has 1 aliphatic heterocycles. The van der Waals surface area contributed by atoms with Gasteiger partial charge in [0.15, 0.2) is 0 Å². The van der Waals surface area contributed by atoms with Crippen LogP contribution in [-0.4, -0.2) is 48.8 Å². The van der Waals surface area contributed by atoms with E-state index in [0.717, 1.165) is 30.5 Å². The van der Waals surface area contributed by atoms with E-state index >= 15 is 0 Å². The maximum atomic E-state index is 14.3. The molecule has 3 rings (SSSR count). The molecule has 1 unspecified atom stereocenters. The summed E-state index contributed by atoms with van der Waals surface area (Å²) in [5.74, 6) is -4.08. The lowest BCUT2D eigenvalue weighted by molar-refractivity contribution is -0.119. The van der Waals surface area contributed by atoms with Crippen molar-refractivity contribution in [1.82, 2.24) is 4.90 Å². The first-order valence-corrected chi connectivity index (χ1v) is 10.7. The first-order valence-electron chi connectivity index (χ1n) is 10.7. The van der Waals surface area contributed by atoms with Gasteiger partial charge in [0.05, 0.1) is 29.5 Å². The number of fused-ring (bicyclic) bond motifs is 1. The van der Waals surface area contributed by atoms with Crippen LogP contribution in [0.5, 0.6) is 0 Å². The molecule has 176 valence electrons. The number of amides is 2. The number of hydrogen-bond acceptors (Lipinski definition) is 5. The minimum atomic E-state index is -1.08. The third-order valence-electron chi connectivity index (χ3n) is 5.59. The fraction of sp³-hybridized carbons (Fsp3) is 0.320. The molecule has 0 saturated heterocycles. The van der Waals surface area contributed by atoms with Gasteiger partial charge in [0.1, 0.15) is 11.6 Å². The van der Waals surface area contributed by atoms with Crippen molar-refractivity contribution in [3.63, 3.8) is 0 Å². The van der Waals surface area contributed by atoms with Crippen molar-refractivity contribution in [3.8, 4) is 6.07 Å². The van der Waals surface area contributed by atoms with E-state index < -0.39 is 35.4 Å². The minimum absolute atomic E-state index is 0.0223. The molecule has 2 aromatic carbocycles. The van der Waals surface area contributed by atoms with Crippen molar-refractivity contribution in [2.75, 3.05) is 18.9 Å². The number of carbonyl (C=O) groups is 2. The number of nitriles is 1. The fourth-order valence-electron chi connectivity index (χ4n) is 4.31. The largest absolute Gasteiger partial charge is 0.333 e. The van der Waals surface area contributed by atoms with Gasteiger partial charge in [0, 0.05) is 37.3 Å². The summed E-state index contributed by atoms with van der Waals surface area (Å²) in [5.41, 5.74) is 0.448. The Balaban J connectivity index is 2.18. The van der Waals surface area contributed by atoms with Crippen molar-refractivity contribution in [1.29, 1.82) is 10.7 Å². The third kappa shape index (κ3) is 5.01. The summed E-state index contributed by atoms with van der Waals surface area (Å²) in [4.78, 5) is 32.6. The van der Waals surface area contributed by atoms with Gasteiger partial charge in [-0.15, -0.1) is 0 Å². The van der Waals surface area contributed by atoms with Crippen LogP contribution in [0, 0.1) is 40.2 Å². The van der Waals surface area contributed by atoms with Gasteiger partial charge < -0.3 is 20.6 Å². The van der Waals surface area contributed by atoms with Crippen molar-refractivity contribution >= 4 is 29.9 Å². The van der Waals surface area contributed by atoms with Crippen LogP contribution >= 0.6 is 0 Å². The highest BCUT2D eigenvalue weighted by molar-refractivity contribution is 6.05. The van der Waals surface area contributed by atoms with Crippen LogP contribution in [0.25, 0.3) is 0 Å². The number of hydrogen-bond donors (Lipinski definition) is 2. The molecule has 0 aromatic heterocycles. The van der Waals surface area contributed by atoms with Crippen LogP contribution < -0.4 is 5.32 Å². The molecule has 0 saturated carbocycles. The zero-order chi connectivity index (χ0) is 25.0. The molecular weight excluding hydrogens is 440 g/mol. The summed E-state index contributed by atoms with van der Waals surface area (Å²) >= 11 is 0. The average molecular weight is 466 g/mol. The van der Waals surface area contributed by atoms with Crippen LogP contribution in [-0.2, 0) is 4.79 Å². The molecule has 0 spiro atoms. The highest BCUT2D eigenvalue weighted by Gasteiger charge is 2.46. The molecule has 0 radical (unpaired) electrons. The van der Waals surface area contributed by atoms with E-state index in [4.69, 9.17) is 10.7 Å². The number of carbonyl (C=O) groups excluding carboxylic acids is 2. The Morgan fingerprint density at radius 3 is 2.62 bits per heavy atom. The molecule has 34 heavy (non-hydrogen) atoms. The first kappa shape index (κ1) is 24.7. The quantitative estimate of drug-likeness (QED) is 0.603. The summed E-state index contributed by atoms with van der Waals surface area (Å²) in [5, 5.41) is 19.7. The molecular formula is C25H25F2N5O2. The fourth-order valence-corrected chi connectivity index (χ4v) is 4.31. The third-order valence-corrected chi connectivity index (χ3v) is 5.59. The Kier molecular flexibility index (Phi) is 7.51. The Morgan fingerprint density at radius 2 is 2.00 bits per heavy atom. The molecule has 0 aliphatic carbocycles. The Morgan fingerprint density at radius 1 is 1.26 bits per heavy atom. The van der Waals surface area contributed by atoms with Gasteiger partial charge in [-0.2, -0.15) is 5.26 Å². The van der Waals surface area contributed by atoms with Gasteiger partial charge in [-0.05, 0) is 47.9 Å². The van der Waals surface area contributed by atoms with E-state index in [1.54, 1.807) is 0 Å². The SMILES string of the molecule is CN=CC(C=N)[C@@H]1[C@@H](C(=O)Nc2cc(F)cc(C#N)c2)c2cc(F)ccc2C(=O)N1CC(C)C. The second kappa shape index (κ2) is 10.3. The predicted octanol–water partition coefficient (Wildman–Crippen LogP) is 4.01. The number of benzene rings is 2. The van der Waals surface area contributed by atoms with E-state index in [1.165, 1.54) is 30.3 Å². The molecule has 3 atom stereocenters. The van der Waals surface area contributed by atoms with Crippen LogP contribution in [0.4, 0.5) is 14.5 Å². The Hall–Kier alpha value is -3.93. The summed E-state index contributed by atoms with van der Waals surface area (Å²) in [7, 11) is 1.52. The molecule has 2 aromatic rings. The molecule has 0 bridgehead atoms. The van der Waals surface area contributed by atoms with E-state index in [1.807, 2.05) is 19.9 Å². The van der Waals surface area contributed by atoms with Crippen molar-refractivity contribution < 1.29 is 18.4 Å². The summed E-state index contributed by atoms with van der Waals surface area (Å²) in [6.07, 6.45) is 2.57. The van der Waals surface area contributed by atoms with Crippen molar-refractivity contribution in [2.24, 2.45) is 16.8 Å². The van der Waals surface area contributed by atoms with Gasteiger partial charge in [0.25, 0.3) is 5.91 Å². The Labute approximate surface area is 196 Å². The zero-order valence-corrected chi connectivity index (χ0v) is 19.0. The highest BCUT2D eigenvalue weighted by atomic mass is 19.1. The van der Waals surface area contributed by atoms with Gasteiger partial charge in [-0.3, -0.25) is 9.59 Å². The molecule has 0 fully saturated rings. The highest BCUT2D eigenvalue weighted by Crippen LogP contribution is 2.38. The van der Waals surface area contributed by atoms with E-state index in [2.05, 4.69) is 10.3 Å². The van der Waals surface area contributed by atoms with Crippen molar-refractivity contribution in [2.45, 2.75) is 25.8 Å². The second-order valence-corrected chi connectivity index (χ2v) is 8.53. The van der Waals surface area contributed by atoms with Crippen LogP contribution in [0.15, 0.2) is 41.4 Å². The van der Waals surface area contributed by atoms with E-state index in [9.17, 15) is 18.4 Å². The summed E-state index contributed by atoms with van der Waals surface area (Å²) in [6, 6.07) is 8.05. The van der Waals surface area contributed by atoms with Crippen molar-refractivity contribution in [3.05, 3.63) is 64.7 Å². The number of halogens is 2. The van der Waals surface area contributed by atoms with Crippen LogP contribution in [0.1, 0.15) is 41.3 Å². The maximum absolute atomic E-state index is 14.3. The van der Waals surface area contributed by atoms with Gasteiger partial charge in [0.2, 0.25) is 5.91 Å². The van der Waals surface area contributed by atoms with E-state index in [-0.39, 0.29) is 34.2 Å². The summed E-state index contributed by atoms with van der Waals surface area (Å²) < 4.78 is 28.3. The van der Waals surface area contributed by atoms with Gasteiger partial charge in [-0.25, -0.2) is 8.78 Å². The lowest BCUT2D eigenvalue weighted by Crippen LogP contribution is -2.56. The maximum Gasteiger partial charge on any atom is 0.254 e. The Bertz CT molecular complexity index is 1190. The monoisotopic (exact) mass is 465 g/mol. The van der Waals surface area contributed by atoms with Gasteiger partial charge >= 0.3 is 0 Å². The number of nitrogens with zero attached hydrogens (tertiary/aromatic N) is 3. The smallest absolute Gasteiger partial charge is 0.254 e. The number of anilines is 1. The molecule has 1 heterocycles. The lowest BCUT2D eigenvalue weighted by Gasteiger charge is -2.44. The summed E-state index contributed by atoms with van der Waals surface area (Å²) in [6.45, 7) is 4.14.